The van der Waals surface area contributed by atoms with Gasteiger partial charge in [-0.25, -0.2) is 0 Å². The van der Waals surface area contributed by atoms with Crippen LogP contribution in [0.1, 0.15) is 44.2 Å². The Morgan fingerprint density at radius 2 is 1.89 bits per heavy atom. The second-order valence-electron chi connectivity index (χ2n) is 5.22. The first-order valence-electron chi connectivity index (χ1n) is 6.86. The van der Waals surface area contributed by atoms with Crippen LogP contribution in [0.4, 0.5) is 0 Å². The summed E-state index contributed by atoms with van der Waals surface area (Å²) in [7, 11) is 1.69. The van der Waals surface area contributed by atoms with Gasteiger partial charge in [-0.2, -0.15) is 0 Å². The van der Waals surface area contributed by atoms with Crippen LogP contribution in [0, 0.1) is 0 Å². The van der Waals surface area contributed by atoms with Gasteiger partial charge in [-0.05, 0) is 37.5 Å². The standard InChI is InChI=1S/C15H24N2O/c1-11(12-7-9-13(18-2)10-8-12)17-15-6-4-3-5-14(15)16/h7-11,14-15,17H,3-6,16H2,1-2H3/t11-,14+,15+/m1/s1. The number of nitrogens with two attached hydrogens (primary N) is 1. The van der Waals surface area contributed by atoms with E-state index >= 15 is 0 Å². The van der Waals surface area contributed by atoms with Crippen LogP contribution in [-0.2, 0) is 0 Å². The van der Waals surface area contributed by atoms with Gasteiger partial charge < -0.3 is 15.8 Å². The SMILES string of the molecule is COc1ccc([C@@H](C)N[C@H]2CCCC[C@@H]2N)cc1. The van der Waals surface area contributed by atoms with Crippen LogP contribution in [0.15, 0.2) is 24.3 Å². The summed E-state index contributed by atoms with van der Waals surface area (Å²) in [5, 5.41) is 3.66. The molecule has 3 N–H and O–H groups in total. The van der Waals surface area contributed by atoms with E-state index in [4.69, 9.17) is 10.5 Å². The number of benzene rings is 1. The maximum atomic E-state index is 6.17. The number of ether oxygens (including phenoxy) is 1. The Labute approximate surface area is 110 Å². The van der Waals surface area contributed by atoms with Crippen LogP contribution in [0.25, 0.3) is 0 Å². The van der Waals surface area contributed by atoms with Crippen molar-refractivity contribution in [2.24, 2.45) is 5.73 Å². The Balaban J connectivity index is 1.95. The Bertz CT molecular complexity index is 363. The number of methoxy groups -OCH3 is 1. The summed E-state index contributed by atoms with van der Waals surface area (Å²) < 4.78 is 5.18. The van der Waals surface area contributed by atoms with E-state index in [1.165, 1.54) is 24.8 Å². The Morgan fingerprint density at radius 3 is 2.50 bits per heavy atom. The molecule has 18 heavy (non-hydrogen) atoms. The van der Waals surface area contributed by atoms with Gasteiger partial charge in [0.15, 0.2) is 0 Å². The largest absolute Gasteiger partial charge is 0.497 e. The van der Waals surface area contributed by atoms with Crippen LogP contribution in [0.5, 0.6) is 5.75 Å². The zero-order valence-corrected chi connectivity index (χ0v) is 11.4. The number of hydrogen-bond donors (Lipinski definition) is 2. The molecule has 0 aliphatic heterocycles. The van der Waals surface area contributed by atoms with Crippen molar-refractivity contribution >= 4 is 0 Å². The van der Waals surface area contributed by atoms with Crippen molar-refractivity contribution in [1.82, 2.24) is 5.32 Å². The minimum absolute atomic E-state index is 0.305. The first-order valence-corrected chi connectivity index (χ1v) is 6.86. The van der Waals surface area contributed by atoms with Crippen LogP contribution >= 0.6 is 0 Å². The van der Waals surface area contributed by atoms with Crippen LogP contribution in [-0.4, -0.2) is 19.2 Å². The number of nitrogens with one attached hydrogen (secondary N) is 1. The van der Waals surface area contributed by atoms with Crippen molar-refractivity contribution in [2.75, 3.05) is 7.11 Å². The molecule has 100 valence electrons. The Morgan fingerprint density at radius 1 is 1.22 bits per heavy atom. The zero-order chi connectivity index (χ0) is 13.0. The zero-order valence-electron chi connectivity index (χ0n) is 11.4. The van der Waals surface area contributed by atoms with Gasteiger partial charge in [-0.1, -0.05) is 25.0 Å². The molecule has 1 aliphatic carbocycles. The van der Waals surface area contributed by atoms with E-state index in [9.17, 15) is 0 Å². The predicted octanol–water partition coefficient (Wildman–Crippen LogP) is 2.62. The number of rotatable bonds is 4. The molecule has 0 spiro atoms. The van der Waals surface area contributed by atoms with Crippen LogP contribution in [0.3, 0.4) is 0 Å². The summed E-state index contributed by atoms with van der Waals surface area (Å²) in [6.07, 6.45) is 4.91. The maximum absolute atomic E-state index is 6.17. The molecule has 3 atom stereocenters. The fraction of sp³-hybridized carbons (Fsp3) is 0.600. The van der Waals surface area contributed by atoms with E-state index in [2.05, 4.69) is 24.4 Å². The highest BCUT2D eigenvalue weighted by molar-refractivity contribution is 5.28. The van der Waals surface area contributed by atoms with Gasteiger partial charge in [0.1, 0.15) is 5.75 Å². The molecule has 0 heterocycles. The lowest BCUT2D eigenvalue weighted by Gasteiger charge is -2.32. The molecular formula is C15H24N2O. The summed E-state index contributed by atoms with van der Waals surface area (Å²) in [6, 6.07) is 9.35. The molecule has 0 unspecified atom stereocenters. The van der Waals surface area contributed by atoms with Crippen molar-refractivity contribution < 1.29 is 4.74 Å². The van der Waals surface area contributed by atoms with E-state index in [0.29, 0.717) is 18.1 Å². The van der Waals surface area contributed by atoms with Crippen LogP contribution < -0.4 is 15.8 Å². The van der Waals surface area contributed by atoms with E-state index in [1.54, 1.807) is 7.11 Å². The summed E-state index contributed by atoms with van der Waals surface area (Å²) in [4.78, 5) is 0. The number of hydrogen-bond acceptors (Lipinski definition) is 3. The van der Waals surface area contributed by atoms with Gasteiger partial charge in [0.2, 0.25) is 0 Å². The van der Waals surface area contributed by atoms with Crippen LogP contribution in [0.2, 0.25) is 0 Å². The average Bonchev–Trinajstić information content (AvgIpc) is 2.41. The molecule has 3 nitrogen and oxygen atoms in total. The second-order valence-corrected chi connectivity index (χ2v) is 5.22. The van der Waals surface area contributed by atoms with E-state index in [-0.39, 0.29) is 0 Å². The molecule has 3 heteroatoms. The summed E-state index contributed by atoms with van der Waals surface area (Å²) in [5.41, 5.74) is 7.45. The molecule has 1 saturated carbocycles. The second kappa shape index (κ2) is 6.21. The summed E-state index contributed by atoms with van der Waals surface area (Å²) >= 11 is 0. The molecule has 1 fully saturated rings. The van der Waals surface area contributed by atoms with Gasteiger partial charge in [-0.15, -0.1) is 0 Å². The first kappa shape index (κ1) is 13.4. The molecule has 0 saturated heterocycles. The lowest BCUT2D eigenvalue weighted by atomic mass is 9.90. The van der Waals surface area contributed by atoms with Crippen molar-refractivity contribution in [3.63, 3.8) is 0 Å². The van der Waals surface area contributed by atoms with Gasteiger partial charge in [0.25, 0.3) is 0 Å². The highest BCUT2D eigenvalue weighted by Gasteiger charge is 2.23. The van der Waals surface area contributed by atoms with Gasteiger partial charge in [0.05, 0.1) is 7.11 Å². The quantitative estimate of drug-likeness (QED) is 0.861. The smallest absolute Gasteiger partial charge is 0.118 e. The van der Waals surface area contributed by atoms with E-state index < -0.39 is 0 Å². The van der Waals surface area contributed by atoms with Gasteiger partial charge >= 0.3 is 0 Å². The minimum Gasteiger partial charge on any atom is -0.497 e. The maximum Gasteiger partial charge on any atom is 0.118 e. The van der Waals surface area contributed by atoms with Gasteiger partial charge in [0, 0.05) is 18.1 Å². The lowest BCUT2D eigenvalue weighted by Crippen LogP contribution is -2.47. The van der Waals surface area contributed by atoms with Crippen molar-refractivity contribution in [3.8, 4) is 5.75 Å². The summed E-state index contributed by atoms with van der Waals surface area (Å²) in [5.74, 6) is 0.903. The fourth-order valence-corrected chi connectivity index (χ4v) is 2.68. The van der Waals surface area contributed by atoms with Gasteiger partial charge in [-0.3, -0.25) is 0 Å². The first-order chi connectivity index (χ1) is 8.70. The topological polar surface area (TPSA) is 47.3 Å². The molecule has 1 aliphatic rings. The Kier molecular flexibility index (Phi) is 4.61. The van der Waals surface area contributed by atoms with Crippen molar-refractivity contribution in [3.05, 3.63) is 29.8 Å². The minimum atomic E-state index is 0.305. The highest BCUT2D eigenvalue weighted by Crippen LogP contribution is 2.22. The summed E-state index contributed by atoms with van der Waals surface area (Å²) in [6.45, 7) is 2.20. The lowest BCUT2D eigenvalue weighted by molar-refractivity contribution is 0.306. The average molecular weight is 248 g/mol. The molecule has 1 aromatic rings. The molecule has 0 aromatic heterocycles. The predicted molar refractivity (Wildman–Crippen MR) is 74.8 cm³/mol. The van der Waals surface area contributed by atoms with Crippen molar-refractivity contribution in [2.45, 2.75) is 50.7 Å². The molecule has 0 bridgehead atoms. The Hall–Kier alpha value is -1.06. The molecule has 0 amide bonds. The molecule has 0 radical (unpaired) electrons. The highest BCUT2D eigenvalue weighted by atomic mass is 16.5. The third-order valence-corrected chi connectivity index (χ3v) is 3.90. The van der Waals surface area contributed by atoms with E-state index in [0.717, 1.165) is 12.2 Å². The fourth-order valence-electron chi connectivity index (χ4n) is 2.68. The monoisotopic (exact) mass is 248 g/mol. The molecule has 2 rings (SSSR count). The molecule has 1 aromatic carbocycles. The third-order valence-electron chi connectivity index (χ3n) is 3.90. The van der Waals surface area contributed by atoms with Crippen molar-refractivity contribution in [1.29, 1.82) is 0 Å². The normalized spacial score (nSPS) is 25.7. The molecular weight excluding hydrogens is 224 g/mol. The third kappa shape index (κ3) is 3.24. The van der Waals surface area contributed by atoms with E-state index in [1.807, 2.05) is 12.1 Å².